The molecule has 0 fully saturated rings. The molecular weight excluding hydrogens is 306 g/mol. The quantitative estimate of drug-likeness (QED) is 0.601. The number of carbonyl (C=O) groups is 2. The molecule has 0 aliphatic carbocycles. The number of primary amides is 1. The smallest absolute Gasteiger partial charge is 0.255 e. The Hall–Kier alpha value is -2.98. The zero-order valence-corrected chi connectivity index (χ0v) is 12.3. The average molecular weight is 318 g/mol. The predicted molar refractivity (Wildman–Crippen MR) is 82.3 cm³/mol. The lowest BCUT2D eigenvalue weighted by Crippen LogP contribution is -2.17. The number of halogens is 1. The maximum absolute atomic E-state index is 11.6. The van der Waals surface area contributed by atoms with E-state index in [2.05, 4.69) is 27.4 Å². The molecule has 2 aromatic rings. The van der Waals surface area contributed by atoms with E-state index in [9.17, 15) is 9.59 Å². The zero-order chi connectivity index (χ0) is 16.3. The number of hydrogen-bond acceptors (Lipinski definition) is 4. The SMILES string of the molecule is CNC(=O)c1ccc(Cl)c(C#Cc2[nH]nc(N)c2C(N)=O)c1. The first-order chi connectivity index (χ1) is 10.4. The molecule has 2 rings (SSSR count). The number of amides is 2. The van der Waals surface area contributed by atoms with Gasteiger partial charge in [-0.05, 0) is 24.1 Å². The molecule has 1 aromatic carbocycles. The summed E-state index contributed by atoms with van der Waals surface area (Å²) in [6.07, 6.45) is 0. The second-order valence-corrected chi connectivity index (χ2v) is 4.65. The first kappa shape index (κ1) is 15.4. The summed E-state index contributed by atoms with van der Waals surface area (Å²) in [4.78, 5) is 22.9. The Morgan fingerprint density at radius 3 is 2.73 bits per heavy atom. The van der Waals surface area contributed by atoms with Crippen molar-refractivity contribution in [3.63, 3.8) is 0 Å². The molecule has 22 heavy (non-hydrogen) atoms. The van der Waals surface area contributed by atoms with Gasteiger partial charge < -0.3 is 16.8 Å². The number of nitrogens with zero attached hydrogens (tertiary/aromatic N) is 1. The Bertz CT molecular complexity index is 816. The second-order valence-electron chi connectivity index (χ2n) is 4.25. The van der Waals surface area contributed by atoms with Crippen molar-refractivity contribution in [1.82, 2.24) is 15.5 Å². The first-order valence-electron chi connectivity index (χ1n) is 6.11. The van der Waals surface area contributed by atoms with Crippen LogP contribution in [0, 0.1) is 11.8 Å². The number of nitrogen functional groups attached to an aromatic ring is 1. The molecule has 1 heterocycles. The predicted octanol–water partition coefficient (Wildman–Crippen LogP) is 0.504. The summed E-state index contributed by atoms with van der Waals surface area (Å²) in [6.45, 7) is 0. The maximum Gasteiger partial charge on any atom is 0.255 e. The first-order valence-corrected chi connectivity index (χ1v) is 6.49. The normalized spacial score (nSPS) is 9.73. The molecule has 0 saturated carbocycles. The summed E-state index contributed by atoms with van der Waals surface area (Å²) in [7, 11) is 1.52. The molecule has 8 heteroatoms. The number of benzene rings is 1. The summed E-state index contributed by atoms with van der Waals surface area (Å²) in [5.41, 5.74) is 11.8. The van der Waals surface area contributed by atoms with E-state index in [1.807, 2.05) is 0 Å². The Morgan fingerprint density at radius 2 is 2.09 bits per heavy atom. The van der Waals surface area contributed by atoms with Gasteiger partial charge in [0.05, 0.1) is 5.02 Å². The Labute approximate surface area is 131 Å². The van der Waals surface area contributed by atoms with E-state index in [0.29, 0.717) is 16.1 Å². The van der Waals surface area contributed by atoms with Crippen LogP contribution in [0.2, 0.25) is 5.02 Å². The fraction of sp³-hybridized carbons (Fsp3) is 0.0714. The molecule has 0 bridgehead atoms. The molecule has 7 nitrogen and oxygen atoms in total. The van der Waals surface area contributed by atoms with Gasteiger partial charge in [-0.25, -0.2) is 0 Å². The van der Waals surface area contributed by atoms with Crippen molar-refractivity contribution in [1.29, 1.82) is 0 Å². The van der Waals surface area contributed by atoms with Gasteiger partial charge in [0.15, 0.2) is 5.82 Å². The monoisotopic (exact) mass is 317 g/mol. The number of carbonyl (C=O) groups excluding carboxylic acids is 2. The zero-order valence-electron chi connectivity index (χ0n) is 11.5. The lowest BCUT2D eigenvalue weighted by molar-refractivity contribution is 0.0961. The molecular formula is C14H12ClN5O2. The van der Waals surface area contributed by atoms with Crippen molar-refractivity contribution in [3.05, 3.63) is 45.6 Å². The van der Waals surface area contributed by atoms with Gasteiger partial charge in [0.2, 0.25) is 0 Å². The van der Waals surface area contributed by atoms with Gasteiger partial charge in [-0.3, -0.25) is 14.7 Å². The van der Waals surface area contributed by atoms with Gasteiger partial charge in [0, 0.05) is 18.2 Å². The molecule has 112 valence electrons. The number of aromatic amines is 1. The third-order valence-corrected chi connectivity index (χ3v) is 3.15. The second kappa shape index (κ2) is 6.20. The van der Waals surface area contributed by atoms with E-state index in [-0.39, 0.29) is 23.0 Å². The van der Waals surface area contributed by atoms with Gasteiger partial charge in [-0.15, -0.1) is 0 Å². The van der Waals surface area contributed by atoms with E-state index >= 15 is 0 Å². The summed E-state index contributed by atoms with van der Waals surface area (Å²) in [5.74, 6) is 4.43. The third-order valence-electron chi connectivity index (χ3n) is 2.82. The van der Waals surface area contributed by atoms with Crippen LogP contribution < -0.4 is 16.8 Å². The fourth-order valence-corrected chi connectivity index (χ4v) is 1.90. The lowest BCUT2D eigenvalue weighted by Gasteiger charge is -2.01. The number of hydrogen-bond donors (Lipinski definition) is 4. The maximum atomic E-state index is 11.6. The van der Waals surface area contributed by atoms with Crippen LogP contribution in [-0.4, -0.2) is 29.1 Å². The minimum atomic E-state index is -0.735. The summed E-state index contributed by atoms with van der Waals surface area (Å²) in [6, 6.07) is 4.68. The molecule has 0 radical (unpaired) electrons. The molecule has 0 spiro atoms. The van der Waals surface area contributed by atoms with Crippen LogP contribution in [0.25, 0.3) is 0 Å². The molecule has 0 aliphatic rings. The highest BCUT2D eigenvalue weighted by atomic mass is 35.5. The van der Waals surface area contributed by atoms with Crippen LogP contribution in [-0.2, 0) is 0 Å². The van der Waals surface area contributed by atoms with Crippen molar-refractivity contribution in [2.24, 2.45) is 5.73 Å². The summed E-state index contributed by atoms with van der Waals surface area (Å²) < 4.78 is 0. The van der Waals surface area contributed by atoms with Gasteiger partial charge in [-0.1, -0.05) is 17.5 Å². The topological polar surface area (TPSA) is 127 Å². The molecule has 0 saturated heterocycles. The van der Waals surface area contributed by atoms with Crippen LogP contribution >= 0.6 is 11.6 Å². The largest absolute Gasteiger partial charge is 0.382 e. The van der Waals surface area contributed by atoms with E-state index in [1.165, 1.54) is 13.1 Å². The summed E-state index contributed by atoms with van der Waals surface area (Å²) in [5, 5.41) is 9.08. The van der Waals surface area contributed by atoms with Crippen molar-refractivity contribution in [3.8, 4) is 11.8 Å². The van der Waals surface area contributed by atoms with Crippen molar-refractivity contribution >= 4 is 29.2 Å². The molecule has 0 aliphatic heterocycles. The lowest BCUT2D eigenvalue weighted by atomic mass is 10.1. The minimum Gasteiger partial charge on any atom is -0.382 e. The number of rotatable bonds is 2. The van der Waals surface area contributed by atoms with Gasteiger partial charge in [0.1, 0.15) is 11.3 Å². The van der Waals surface area contributed by atoms with E-state index in [0.717, 1.165) is 0 Å². The van der Waals surface area contributed by atoms with Gasteiger partial charge >= 0.3 is 0 Å². The molecule has 6 N–H and O–H groups in total. The van der Waals surface area contributed by atoms with Crippen LogP contribution in [0.5, 0.6) is 0 Å². The van der Waals surface area contributed by atoms with Crippen molar-refractivity contribution in [2.45, 2.75) is 0 Å². The molecule has 2 amide bonds. The Morgan fingerprint density at radius 1 is 1.36 bits per heavy atom. The number of aromatic nitrogens is 2. The van der Waals surface area contributed by atoms with E-state index < -0.39 is 5.91 Å². The Balaban J connectivity index is 2.44. The van der Waals surface area contributed by atoms with E-state index in [4.69, 9.17) is 23.1 Å². The van der Waals surface area contributed by atoms with Crippen LogP contribution in [0.4, 0.5) is 5.82 Å². The number of nitrogens with one attached hydrogen (secondary N) is 2. The standard InChI is InChI=1S/C14H12ClN5O2/c1-18-14(22)8-2-4-9(15)7(6-8)3-5-10-11(13(17)21)12(16)20-19-10/h2,4,6H,1H3,(H2,17,21)(H,18,22)(H3,16,19,20). The third kappa shape index (κ3) is 3.02. The average Bonchev–Trinajstić information content (AvgIpc) is 2.86. The minimum absolute atomic E-state index is 0.0195. The van der Waals surface area contributed by atoms with Crippen LogP contribution in [0.1, 0.15) is 32.0 Å². The van der Waals surface area contributed by atoms with Gasteiger partial charge in [-0.2, -0.15) is 5.10 Å². The summed E-state index contributed by atoms with van der Waals surface area (Å²) >= 11 is 6.04. The fourth-order valence-electron chi connectivity index (χ4n) is 1.73. The number of H-pyrrole nitrogens is 1. The molecule has 0 unspecified atom stereocenters. The Kier molecular flexibility index (Phi) is 4.34. The molecule has 0 atom stereocenters. The molecule has 1 aromatic heterocycles. The van der Waals surface area contributed by atoms with Crippen LogP contribution in [0.15, 0.2) is 18.2 Å². The van der Waals surface area contributed by atoms with E-state index in [1.54, 1.807) is 12.1 Å². The highest BCUT2D eigenvalue weighted by molar-refractivity contribution is 6.31. The highest BCUT2D eigenvalue weighted by Gasteiger charge is 2.14. The number of anilines is 1. The van der Waals surface area contributed by atoms with Crippen molar-refractivity contribution in [2.75, 3.05) is 12.8 Å². The van der Waals surface area contributed by atoms with Gasteiger partial charge in [0.25, 0.3) is 11.8 Å². The van der Waals surface area contributed by atoms with Crippen LogP contribution in [0.3, 0.4) is 0 Å². The van der Waals surface area contributed by atoms with Crippen molar-refractivity contribution < 1.29 is 9.59 Å². The highest BCUT2D eigenvalue weighted by Crippen LogP contribution is 2.17. The number of nitrogens with two attached hydrogens (primary N) is 2.